The Bertz CT molecular complexity index is 470. The van der Waals surface area contributed by atoms with Crippen molar-refractivity contribution >= 4 is 0 Å². The molecule has 15 heavy (non-hydrogen) atoms. The van der Waals surface area contributed by atoms with E-state index in [1.807, 2.05) is 24.1 Å². The van der Waals surface area contributed by atoms with Crippen LogP contribution in [0.1, 0.15) is 23.1 Å². The van der Waals surface area contributed by atoms with Crippen molar-refractivity contribution in [2.24, 2.45) is 7.05 Å². The van der Waals surface area contributed by atoms with Gasteiger partial charge in [-0.2, -0.15) is 0 Å². The number of aromatic amines is 1. The molecule has 2 aromatic rings. The summed E-state index contributed by atoms with van der Waals surface area (Å²) >= 11 is 0. The molecule has 2 N–H and O–H groups in total. The van der Waals surface area contributed by atoms with Gasteiger partial charge in [0.2, 0.25) is 0 Å². The zero-order chi connectivity index (χ0) is 10.3. The molecule has 0 bridgehead atoms. The van der Waals surface area contributed by atoms with E-state index in [9.17, 15) is 0 Å². The standard InChI is InChI=1S/C10H13N5/c1-15-6-11-4-8(15)10-9-7(2-3-12-10)13-5-14-9/h4-6,10,12H,2-3H2,1H3,(H,13,14). The van der Waals surface area contributed by atoms with Gasteiger partial charge in [-0.05, 0) is 0 Å². The second-order valence-electron chi connectivity index (χ2n) is 3.83. The first-order chi connectivity index (χ1) is 7.36. The maximum absolute atomic E-state index is 4.38. The van der Waals surface area contributed by atoms with Crippen molar-refractivity contribution in [2.75, 3.05) is 6.54 Å². The Morgan fingerprint density at radius 3 is 3.27 bits per heavy atom. The van der Waals surface area contributed by atoms with Gasteiger partial charge in [-0.3, -0.25) is 0 Å². The smallest absolute Gasteiger partial charge is 0.0946 e. The van der Waals surface area contributed by atoms with Crippen molar-refractivity contribution in [3.05, 3.63) is 35.9 Å². The predicted octanol–water partition coefficient (Wildman–Crippen LogP) is 0.378. The normalized spacial score (nSPS) is 20.2. The maximum Gasteiger partial charge on any atom is 0.0946 e. The topological polar surface area (TPSA) is 58.5 Å². The summed E-state index contributed by atoms with van der Waals surface area (Å²) in [5.74, 6) is 0. The molecule has 5 heteroatoms. The lowest BCUT2D eigenvalue weighted by Crippen LogP contribution is -2.31. The van der Waals surface area contributed by atoms with Gasteiger partial charge in [0.05, 0.1) is 36.3 Å². The summed E-state index contributed by atoms with van der Waals surface area (Å²) in [6, 6.07) is 0.174. The van der Waals surface area contributed by atoms with Crippen LogP contribution < -0.4 is 5.32 Å². The van der Waals surface area contributed by atoms with E-state index in [0.29, 0.717) is 0 Å². The third-order valence-electron chi connectivity index (χ3n) is 2.90. The number of nitrogens with zero attached hydrogens (tertiary/aromatic N) is 3. The summed E-state index contributed by atoms with van der Waals surface area (Å²) in [6.45, 7) is 0.977. The molecule has 1 unspecified atom stereocenters. The average Bonchev–Trinajstić information content (AvgIpc) is 2.85. The SMILES string of the molecule is Cn1cncc1C1NCCc2[nH]cnc21. The molecule has 0 aromatic carbocycles. The maximum atomic E-state index is 4.38. The van der Waals surface area contributed by atoms with Gasteiger partial charge in [0, 0.05) is 25.7 Å². The number of nitrogens with one attached hydrogen (secondary N) is 2. The van der Waals surface area contributed by atoms with Crippen LogP contribution in [-0.4, -0.2) is 26.1 Å². The Morgan fingerprint density at radius 1 is 1.53 bits per heavy atom. The van der Waals surface area contributed by atoms with Gasteiger partial charge in [0.15, 0.2) is 0 Å². The largest absolute Gasteiger partial charge is 0.348 e. The molecule has 78 valence electrons. The molecule has 1 aliphatic heterocycles. The summed E-state index contributed by atoms with van der Waals surface area (Å²) in [5.41, 5.74) is 3.49. The van der Waals surface area contributed by atoms with Crippen LogP contribution in [0.25, 0.3) is 0 Å². The van der Waals surface area contributed by atoms with Gasteiger partial charge in [-0.15, -0.1) is 0 Å². The van der Waals surface area contributed by atoms with Crippen LogP contribution in [0.4, 0.5) is 0 Å². The van der Waals surface area contributed by atoms with Crippen LogP contribution >= 0.6 is 0 Å². The number of hydrogen-bond donors (Lipinski definition) is 2. The molecule has 0 spiro atoms. The first-order valence-corrected chi connectivity index (χ1v) is 5.08. The molecule has 3 heterocycles. The van der Waals surface area contributed by atoms with Crippen LogP contribution in [0.15, 0.2) is 18.9 Å². The highest BCUT2D eigenvalue weighted by molar-refractivity contribution is 5.27. The van der Waals surface area contributed by atoms with Gasteiger partial charge in [0.1, 0.15) is 0 Å². The minimum absolute atomic E-state index is 0.174. The molecule has 0 saturated carbocycles. The monoisotopic (exact) mass is 203 g/mol. The summed E-state index contributed by atoms with van der Waals surface area (Å²) in [7, 11) is 2.00. The Kier molecular flexibility index (Phi) is 1.85. The molecule has 3 rings (SSSR count). The van der Waals surface area contributed by atoms with Crippen molar-refractivity contribution in [2.45, 2.75) is 12.5 Å². The average molecular weight is 203 g/mol. The Balaban J connectivity index is 2.07. The molecule has 0 fully saturated rings. The second kappa shape index (κ2) is 3.20. The summed E-state index contributed by atoms with van der Waals surface area (Å²) in [4.78, 5) is 11.7. The summed E-state index contributed by atoms with van der Waals surface area (Å²) in [5, 5.41) is 3.46. The number of imidazole rings is 2. The third-order valence-corrected chi connectivity index (χ3v) is 2.90. The molecular formula is C10H13N5. The van der Waals surface area contributed by atoms with Gasteiger partial charge in [-0.25, -0.2) is 9.97 Å². The van der Waals surface area contributed by atoms with Gasteiger partial charge in [0.25, 0.3) is 0 Å². The van der Waals surface area contributed by atoms with E-state index in [4.69, 9.17) is 0 Å². The van der Waals surface area contributed by atoms with Gasteiger partial charge < -0.3 is 14.9 Å². The number of H-pyrrole nitrogens is 1. The fourth-order valence-electron chi connectivity index (χ4n) is 2.11. The van der Waals surface area contributed by atoms with Crippen LogP contribution in [0.3, 0.4) is 0 Å². The first-order valence-electron chi connectivity index (χ1n) is 5.08. The predicted molar refractivity (Wildman–Crippen MR) is 55.3 cm³/mol. The fraction of sp³-hybridized carbons (Fsp3) is 0.400. The first kappa shape index (κ1) is 8.67. The summed E-state index contributed by atoms with van der Waals surface area (Å²) in [6.07, 6.45) is 6.49. The van der Waals surface area contributed by atoms with E-state index in [1.54, 1.807) is 6.33 Å². The number of aromatic nitrogens is 4. The lowest BCUT2D eigenvalue weighted by atomic mass is 10.0. The van der Waals surface area contributed by atoms with Gasteiger partial charge >= 0.3 is 0 Å². The molecule has 1 aliphatic rings. The van der Waals surface area contributed by atoms with Crippen LogP contribution in [0, 0.1) is 0 Å². The number of hydrogen-bond acceptors (Lipinski definition) is 3. The molecule has 5 nitrogen and oxygen atoms in total. The van der Waals surface area contributed by atoms with E-state index in [0.717, 1.165) is 24.4 Å². The van der Waals surface area contributed by atoms with E-state index >= 15 is 0 Å². The molecule has 0 radical (unpaired) electrons. The quantitative estimate of drug-likeness (QED) is 0.704. The number of aryl methyl sites for hydroxylation is 1. The lowest BCUT2D eigenvalue weighted by molar-refractivity contribution is 0.529. The summed E-state index contributed by atoms with van der Waals surface area (Å²) < 4.78 is 2.03. The Morgan fingerprint density at radius 2 is 2.47 bits per heavy atom. The van der Waals surface area contributed by atoms with E-state index < -0.39 is 0 Å². The minimum Gasteiger partial charge on any atom is -0.348 e. The van der Waals surface area contributed by atoms with Crippen molar-refractivity contribution in [3.8, 4) is 0 Å². The molecule has 0 saturated heterocycles. The van der Waals surface area contributed by atoms with E-state index in [1.165, 1.54) is 5.69 Å². The van der Waals surface area contributed by atoms with Crippen molar-refractivity contribution < 1.29 is 0 Å². The van der Waals surface area contributed by atoms with Crippen LogP contribution in [-0.2, 0) is 13.5 Å². The second-order valence-corrected chi connectivity index (χ2v) is 3.83. The van der Waals surface area contributed by atoms with Crippen LogP contribution in [0.2, 0.25) is 0 Å². The molecule has 0 aliphatic carbocycles. The minimum atomic E-state index is 0.174. The molecular weight excluding hydrogens is 190 g/mol. The zero-order valence-corrected chi connectivity index (χ0v) is 8.57. The van der Waals surface area contributed by atoms with Crippen LogP contribution in [0.5, 0.6) is 0 Å². The van der Waals surface area contributed by atoms with Gasteiger partial charge in [-0.1, -0.05) is 0 Å². The molecule has 1 atom stereocenters. The lowest BCUT2D eigenvalue weighted by Gasteiger charge is -2.23. The highest BCUT2D eigenvalue weighted by Crippen LogP contribution is 2.25. The third kappa shape index (κ3) is 1.27. The van der Waals surface area contributed by atoms with E-state index in [-0.39, 0.29) is 6.04 Å². The van der Waals surface area contributed by atoms with Crippen molar-refractivity contribution in [1.29, 1.82) is 0 Å². The molecule has 0 amide bonds. The number of rotatable bonds is 1. The van der Waals surface area contributed by atoms with Crippen molar-refractivity contribution in [1.82, 2.24) is 24.8 Å². The number of fused-ring (bicyclic) bond motifs is 1. The van der Waals surface area contributed by atoms with E-state index in [2.05, 4.69) is 20.3 Å². The Hall–Kier alpha value is -1.62. The molecule has 2 aromatic heterocycles. The fourth-order valence-corrected chi connectivity index (χ4v) is 2.11. The highest BCUT2D eigenvalue weighted by Gasteiger charge is 2.25. The Labute approximate surface area is 87.6 Å². The zero-order valence-electron chi connectivity index (χ0n) is 8.57. The highest BCUT2D eigenvalue weighted by atomic mass is 15.1. The van der Waals surface area contributed by atoms with Crippen molar-refractivity contribution in [3.63, 3.8) is 0 Å².